The number of rotatable bonds is 6. The third-order valence-corrected chi connectivity index (χ3v) is 6.43. The fraction of sp³-hybridized carbons (Fsp3) is 0.0909. The third kappa shape index (κ3) is 4.72. The van der Waals surface area contributed by atoms with Crippen LogP contribution in [-0.4, -0.2) is 25.5 Å². The van der Waals surface area contributed by atoms with E-state index in [1.807, 2.05) is 34.9 Å². The van der Waals surface area contributed by atoms with Crippen LogP contribution in [0.4, 0.5) is 10.5 Å². The van der Waals surface area contributed by atoms with Gasteiger partial charge >= 0.3 is 0 Å². The average Bonchev–Trinajstić information content (AvgIpc) is 3.29. The van der Waals surface area contributed by atoms with Crippen molar-refractivity contribution in [3.63, 3.8) is 0 Å². The van der Waals surface area contributed by atoms with Crippen molar-refractivity contribution in [3.8, 4) is 0 Å². The predicted molar refractivity (Wildman–Crippen MR) is 127 cm³/mol. The highest BCUT2D eigenvalue weighted by atomic mass is 127. The molecular formula is C22H16IN3O4S. The van der Waals surface area contributed by atoms with Crippen LogP contribution >= 0.6 is 34.4 Å². The molecule has 0 bridgehead atoms. The molecule has 3 aromatic rings. The van der Waals surface area contributed by atoms with Crippen LogP contribution in [0.25, 0.3) is 6.08 Å². The zero-order valence-corrected chi connectivity index (χ0v) is 19.1. The molecule has 2 aromatic carbocycles. The van der Waals surface area contributed by atoms with E-state index in [-0.39, 0.29) is 29.9 Å². The number of nitrogens with zero attached hydrogens (tertiary/aromatic N) is 3. The number of nitro groups is 1. The smallest absolute Gasteiger partial charge is 0.293 e. The van der Waals surface area contributed by atoms with Crippen molar-refractivity contribution in [2.45, 2.75) is 13.1 Å². The lowest BCUT2D eigenvalue weighted by Gasteiger charge is -2.12. The van der Waals surface area contributed by atoms with Gasteiger partial charge in [0.05, 0.1) is 22.9 Å². The predicted octanol–water partition coefficient (Wildman–Crippen LogP) is 5.29. The number of aromatic nitrogens is 1. The molecule has 0 atom stereocenters. The molecule has 1 aliphatic heterocycles. The summed E-state index contributed by atoms with van der Waals surface area (Å²) in [6, 6.07) is 17.8. The Balaban J connectivity index is 1.56. The Hall–Kier alpha value is -2.92. The molecule has 1 saturated heterocycles. The van der Waals surface area contributed by atoms with Gasteiger partial charge in [-0.3, -0.25) is 24.6 Å². The van der Waals surface area contributed by atoms with E-state index < -0.39 is 4.92 Å². The number of carbonyl (C=O) groups is 2. The number of nitro benzene ring substituents is 1. The van der Waals surface area contributed by atoms with Gasteiger partial charge in [-0.05, 0) is 70.3 Å². The number of para-hydroxylation sites is 1. The Morgan fingerprint density at radius 1 is 1.00 bits per heavy atom. The molecule has 156 valence electrons. The van der Waals surface area contributed by atoms with Gasteiger partial charge in [0, 0.05) is 27.1 Å². The largest absolute Gasteiger partial charge is 0.343 e. The van der Waals surface area contributed by atoms with Crippen LogP contribution in [0.2, 0.25) is 0 Å². The number of hydrogen-bond acceptors (Lipinski definition) is 5. The van der Waals surface area contributed by atoms with Crippen molar-refractivity contribution in [2.24, 2.45) is 0 Å². The summed E-state index contributed by atoms with van der Waals surface area (Å²) in [5.74, 6) is -0.341. The van der Waals surface area contributed by atoms with E-state index in [0.29, 0.717) is 16.2 Å². The third-order valence-electron chi connectivity index (χ3n) is 4.80. The quantitative estimate of drug-likeness (QED) is 0.182. The Morgan fingerprint density at radius 3 is 2.48 bits per heavy atom. The highest BCUT2D eigenvalue weighted by molar-refractivity contribution is 14.1. The maximum atomic E-state index is 12.8. The Labute approximate surface area is 196 Å². The van der Waals surface area contributed by atoms with Crippen molar-refractivity contribution in [3.05, 3.63) is 102 Å². The van der Waals surface area contributed by atoms with Crippen molar-refractivity contribution in [1.82, 2.24) is 9.47 Å². The lowest BCUT2D eigenvalue weighted by Crippen LogP contribution is -2.27. The van der Waals surface area contributed by atoms with Crippen molar-refractivity contribution in [2.75, 3.05) is 0 Å². The second-order valence-electron chi connectivity index (χ2n) is 6.84. The summed E-state index contributed by atoms with van der Waals surface area (Å²) in [7, 11) is 0. The summed E-state index contributed by atoms with van der Waals surface area (Å²) < 4.78 is 2.89. The number of benzene rings is 2. The van der Waals surface area contributed by atoms with Crippen LogP contribution in [0.1, 0.15) is 16.8 Å². The normalized spacial score (nSPS) is 15.1. The number of carbonyl (C=O) groups excluding carboxylic acids is 2. The lowest BCUT2D eigenvalue weighted by atomic mass is 10.2. The maximum Gasteiger partial charge on any atom is 0.293 e. The second kappa shape index (κ2) is 9.06. The molecule has 9 heteroatoms. The van der Waals surface area contributed by atoms with Crippen molar-refractivity contribution in [1.29, 1.82) is 0 Å². The first-order valence-electron chi connectivity index (χ1n) is 9.29. The molecule has 0 unspecified atom stereocenters. The lowest BCUT2D eigenvalue weighted by molar-refractivity contribution is -0.385. The summed E-state index contributed by atoms with van der Waals surface area (Å²) in [5, 5.41) is 11.0. The van der Waals surface area contributed by atoms with Gasteiger partial charge < -0.3 is 4.57 Å². The van der Waals surface area contributed by atoms with E-state index in [9.17, 15) is 19.7 Å². The minimum absolute atomic E-state index is 0.0417. The minimum Gasteiger partial charge on any atom is -0.343 e. The van der Waals surface area contributed by atoms with Crippen LogP contribution in [0.3, 0.4) is 0 Å². The van der Waals surface area contributed by atoms with Gasteiger partial charge in [0.1, 0.15) is 0 Å². The summed E-state index contributed by atoms with van der Waals surface area (Å²) in [6.07, 6.45) is 3.45. The molecule has 1 aromatic heterocycles. The maximum absolute atomic E-state index is 12.8. The first-order valence-corrected chi connectivity index (χ1v) is 11.2. The molecule has 0 radical (unpaired) electrons. The molecule has 31 heavy (non-hydrogen) atoms. The first-order chi connectivity index (χ1) is 14.9. The topological polar surface area (TPSA) is 85.5 Å². The summed E-state index contributed by atoms with van der Waals surface area (Å²) in [5.41, 5.74) is 2.17. The van der Waals surface area contributed by atoms with Gasteiger partial charge in [-0.1, -0.05) is 30.3 Å². The summed E-state index contributed by atoms with van der Waals surface area (Å²) in [4.78, 5) is 37.7. The Kier molecular flexibility index (Phi) is 6.23. The zero-order valence-electron chi connectivity index (χ0n) is 16.1. The molecule has 2 heterocycles. The fourth-order valence-electron chi connectivity index (χ4n) is 3.25. The highest BCUT2D eigenvalue weighted by Crippen LogP contribution is 2.33. The van der Waals surface area contributed by atoms with Crippen LogP contribution < -0.4 is 0 Å². The first kappa shape index (κ1) is 21.3. The molecule has 1 fully saturated rings. The number of thioether (sulfide) groups is 1. The van der Waals surface area contributed by atoms with E-state index in [4.69, 9.17) is 0 Å². The minimum atomic E-state index is -0.408. The van der Waals surface area contributed by atoms with Crippen LogP contribution in [0.15, 0.2) is 71.8 Å². The molecule has 0 aliphatic carbocycles. The van der Waals surface area contributed by atoms with Gasteiger partial charge in [-0.2, -0.15) is 0 Å². The van der Waals surface area contributed by atoms with Crippen molar-refractivity contribution < 1.29 is 14.5 Å². The molecular weight excluding hydrogens is 529 g/mol. The van der Waals surface area contributed by atoms with E-state index in [0.717, 1.165) is 20.9 Å². The SMILES string of the molecule is O=C1S/C(=C\c2cccn2Cc2ccccc2[N+](=O)[O-])C(=O)N1Cc1ccc(I)cc1. The average molecular weight is 545 g/mol. The van der Waals surface area contributed by atoms with E-state index in [1.54, 1.807) is 36.5 Å². The van der Waals surface area contributed by atoms with Crippen LogP contribution in [0, 0.1) is 13.7 Å². The molecule has 0 saturated carbocycles. The van der Waals surface area contributed by atoms with Gasteiger partial charge in [0.15, 0.2) is 0 Å². The molecule has 4 rings (SSSR count). The molecule has 1 aliphatic rings. The van der Waals surface area contributed by atoms with Gasteiger partial charge in [0.25, 0.3) is 16.8 Å². The Bertz CT molecular complexity index is 1200. The zero-order chi connectivity index (χ0) is 22.0. The standard InChI is InChI=1S/C22H16IN3O4S/c23-17-9-7-15(8-10-17)13-25-21(27)20(31-22(25)28)12-18-5-3-11-24(18)14-16-4-1-2-6-19(16)26(29)30/h1-12H,13-14H2/b20-12-. The van der Waals surface area contributed by atoms with E-state index in [1.165, 1.54) is 11.0 Å². The van der Waals surface area contributed by atoms with E-state index >= 15 is 0 Å². The molecule has 0 spiro atoms. The monoisotopic (exact) mass is 545 g/mol. The summed E-state index contributed by atoms with van der Waals surface area (Å²) in [6.45, 7) is 0.499. The molecule has 2 amide bonds. The van der Waals surface area contributed by atoms with E-state index in [2.05, 4.69) is 22.6 Å². The van der Waals surface area contributed by atoms with Crippen molar-refractivity contribution >= 4 is 57.3 Å². The van der Waals surface area contributed by atoms with Gasteiger partial charge in [-0.15, -0.1) is 0 Å². The molecule has 0 N–H and O–H groups in total. The molecule has 7 nitrogen and oxygen atoms in total. The number of hydrogen-bond donors (Lipinski definition) is 0. The van der Waals surface area contributed by atoms with Gasteiger partial charge in [0.2, 0.25) is 0 Å². The number of imide groups is 1. The van der Waals surface area contributed by atoms with Crippen LogP contribution in [0.5, 0.6) is 0 Å². The number of halogens is 1. The summed E-state index contributed by atoms with van der Waals surface area (Å²) >= 11 is 3.10. The number of amides is 2. The van der Waals surface area contributed by atoms with Crippen LogP contribution in [-0.2, 0) is 17.9 Å². The highest BCUT2D eigenvalue weighted by Gasteiger charge is 2.35. The Morgan fingerprint density at radius 2 is 1.74 bits per heavy atom. The fourth-order valence-corrected chi connectivity index (χ4v) is 4.43. The van der Waals surface area contributed by atoms with Gasteiger partial charge in [-0.25, -0.2) is 0 Å². The second-order valence-corrected chi connectivity index (χ2v) is 9.08.